The summed E-state index contributed by atoms with van der Waals surface area (Å²) in [6, 6.07) is 9.71. The van der Waals surface area contributed by atoms with Crippen molar-refractivity contribution in [2.75, 3.05) is 37.8 Å². The van der Waals surface area contributed by atoms with Crippen LogP contribution in [0.2, 0.25) is 0 Å². The van der Waals surface area contributed by atoms with E-state index in [1.165, 1.54) is 25.7 Å². The molecule has 1 atom stereocenters. The van der Waals surface area contributed by atoms with Crippen molar-refractivity contribution in [3.63, 3.8) is 0 Å². The Labute approximate surface area is 159 Å². The predicted molar refractivity (Wildman–Crippen MR) is 104 cm³/mol. The second-order valence-electron chi connectivity index (χ2n) is 7.46. The lowest BCUT2D eigenvalue weighted by Gasteiger charge is -2.39. The monoisotopic (exact) mass is 373 g/mol. The summed E-state index contributed by atoms with van der Waals surface area (Å²) in [4.78, 5) is 32.2. The number of hydrogen-bond acceptors (Lipinski definition) is 4. The van der Waals surface area contributed by atoms with Crippen LogP contribution >= 0.6 is 11.8 Å². The Morgan fingerprint density at radius 1 is 0.962 bits per heavy atom. The Morgan fingerprint density at radius 3 is 2.35 bits per heavy atom. The molecule has 0 aromatic heterocycles. The van der Waals surface area contributed by atoms with Crippen molar-refractivity contribution in [3.8, 4) is 0 Å². The van der Waals surface area contributed by atoms with Gasteiger partial charge in [-0.25, -0.2) is 0 Å². The zero-order valence-corrected chi connectivity index (χ0v) is 16.0. The summed E-state index contributed by atoms with van der Waals surface area (Å²) >= 11 is 1.67. The van der Waals surface area contributed by atoms with Crippen molar-refractivity contribution in [1.82, 2.24) is 14.7 Å². The Hall–Kier alpha value is -1.53. The van der Waals surface area contributed by atoms with Crippen molar-refractivity contribution in [3.05, 3.63) is 35.9 Å². The molecular weight excluding hydrogens is 346 g/mol. The Balaban J connectivity index is 1.37. The van der Waals surface area contributed by atoms with Gasteiger partial charge in [0.05, 0.1) is 5.88 Å². The lowest BCUT2D eigenvalue weighted by molar-refractivity contribution is -0.137. The number of thioether (sulfide) groups is 1. The number of carbonyl (C=O) groups is 2. The molecule has 2 aliphatic heterocycles. The molecule has 2 amide bonds. The molecule has 1 aliphatic carbocycles. The number of benzene rings is 1. The van der Waals surface area contributed by atoms with E-state index in [4.69, 9.17) is 0 Å². The number of nitrogens with zero attached hydrogens (tertiary/aromatic N) is 3. The average molecular weight is 374 g/mol. The molecule has 1 aromatic carbocycles. The fourth-order valence-corrected chi connectivity index (χ4v) is 5.53. The van der Waals surface area contributed by atoms with Crippen molar-refractivity contribution < 1.29 is 9.59 Å². The molecule has 5 nitrogen and oxygen atoms in total. The van der Waals surface area contributed by atoms with Gasteiger partial charge in [0.15, 0.2) is 0 Å². The van der Waals surface area contributed by atoms with Gasteiger partial charge >= 0.3 is 0 Å². The van der Waals surface area contributed by atoms with Gasteiger partial charge in [0.25, 0.3) is 5.91 Å². The van der Waals surface area contributed by atoms with E-state index in [0.717, 1.165) is 32.2 Å². The van der Waals surface area contributed by atoms with Gasteiger partial charge in [-0.3, -0.25) is 14.5 Å². The zero-order valence-electron chi connectivity index (χ0n) is 15.2. The first kappa shape index (κ1) is 17.9. The van der Waals surface area contributed by atoms with Gasteiger partial charge in [0.2, 0.25) is 5.91 Å². The number of hydrogen-bond donors (Lipinski definition) is 0. The number of carbonyl (C=O) groups excluding carboxylic acids is 2. The fourth-order valence-electron chi connectivity index (χ4n) is 4.38. The van der Waals surface area contributed by atoms with Crippen LogP contribution < -0.4 is 0 Å². The molecular formula is C20H27N3O2S. The van der Waals surface area contributed by atoms with Gasteiger partial charge in [0.1, 0.15) is 6.04 Å². The van der Waals surface area contributed by atoms with Gasteiger partial charge in [-0.1, -0.05) is 31.0 Å². The standard InChI is InChI=1S/C20H27N3O2S/c24-19(16-6-2-1-3-7-16)23-15-26-14-18(23)20(25)22-12-10-21(11-13-22)17-8-4-5-9-17/h1-3,6-7,17-18H,4-5,8-15H2. The number of rotatable bonds is 3. The first-order valence-electron chi connectivity index (χ1n) is 9.70. The molecule has 0 radical (unpaired) electrons. The molecule has 0 bridgehead atoms. The second kappa shape index (κ2) is 8.01. The SMILES string of the molecule is O=C(C1CSCN1C(=O)c1ccccc1)N1CCN(C2CCCC2)CC1. The fraction of sp³-hybridized carbons (Fsp3) is 0.600. The van der Waals surface area contributed by atoms with E-state index in [2.05, 4.69) is 4.90 Å². The largest absolute Gasteiger partial charge is 0.338 e. The molecule has 4 rings (SSSR count). The van der Waals surface area contributed by atoms with E-state index in [0.29, 0.717) is 17.2 Å². The van der Waals surface area contributed by atoms with Crippen LogP contribution in [0.4, 0.5) is 0 Å². The normalized spacial score (nSPS) is 25.0. The lowest BCUT2D eigenvalue weighted by Crippen LogP contribution is -2.56. The Kier molecular flexibility index (Phi) is 5.50. The van der Waals surface area contributed by atoms with Crippen LogP contribution in [0.25, 0.3) is 0 Å². The molecule has 1 saturated carbocycles. The molecule has 3 aliphatic rings. The molecule has 3 fully saturated rings. The maximum atomic E-state index is 13.1. The molecule has 6 heteroatoms. The van der Waals surface area contributed by atoms with Crippen LogP contribution in [0.1, 0.15) is 36.0 Å². The lowest BCUT2D eigenvalue weighted by atomic mass is 10.1. The van der Waals surface area contributed by atoms with E-state index in [1.807, 2.05) is 35.2 Å². The van der Waals surface area contributed by atoms with Crippen LogP contribution in [0.3, 0.4) is 0 Å². The van der Waals surface area contributed by atoms with Gasteiger partial charge in [-0.15, -0.1) is 11.8 Å². The third-order valence-electron chi connectivity index (χ3n) is 5.92. The molecule has 2 saturated heterocycles. The van der Waals surface area contributed by atoms with Gasteiger partial charge in [0, 0.05) is 43.5 Å². The summed E-state index contributed by atoms with van der Waals surface area (Å²) < 4.78 is 0. The third kappa shape index (κ3) is 3.62. The summed E-state index contributed by atoms with van der Waals surface area (Å²) in [5.74, 6) is 1.41. The minimum absolute atomic E-state index is 0.0291. The highest BCUT2D eigenvalue weighted by molar-refractivity contribution is 7.99. The molecule has 140 valence electrons. The van der Waals surface area contributed by atoms with E-state index in [1.54, 1.807) is 16.7 Å². The summed E-state index contributed by atoms with van der Waals surface area (Å²) in [6.07, 6.45) is 5.32. The van der Waals surface area contributed by atoms with Crippen LogP contribution in [0, 0.1) is 0 Å². The first-order valence-corrected chi connectivity index (χ1v) is 10.9. The van der Waals surface area contributed by atoms with Crippen LogP contribution in [0.5, 0.6) is 0 Å². The third-order valence-corrected chi connectivity index (χ3v) is 6.93. The maximum absolute atomic E-state index is 13.1. The molecule has 1 aromatic rings. The molecule has 26 heavy (non-hydrogen) atoms. The molecule has 1 unspecified atom stereocenters. The highest BCUT2D eigenvalue weighted by atomic mass is 32.2. The second-order valence-corrected chi connectivity index (χ2v) is 8.46. The zero-order chi connectivity index (χ0) is 17.9. The van der Waals surface area contributed by atoms with Crippen molar-refractivity contribution >= 4 is 23.6 Å². The van der Waals surface area contributed by atoms with Gasteiger partial charge in [-0.2, -0.15) is 0 Å². The van der Waals surface area contributed by atoms with E-state index >= 15 is 0 Å². The maximum Gasteiger partial charge on any atom is 0.255 e. The quantitative estimate of drug-likeness (QED) is 0.815. The van der Waals surface area contributed by atoms with Crippen LogP contribution in [-0.2, 0) is 4.79 Å². The topological polar surface area (TPSA) is 43.9 Å². The van der Waals surface area contributed by atoms with Crippen LogP contribution in [0.15, 0.2) is 30.3 Å². The Bertz CT molecular complexity index is 640. The van der Waals surface area contributed by atoms with Crippen molar-refractivity contribution in [1.29, 1.82) is 0 Å². The van der Waals surface area contributed by atoms with Gasteiger partial charge < -0.3 is 9.80 Å². The van der Waals surface area contributed by atoms with E-state index in [-0.39, 0.29) is 17.9 Å². The van der Waals surface area contributed by atoms with Crippen molar-refractivity contribution in [2.24, 2.45) is 0 Å². The molecule has 0 spiro atoms. The Morgan fingerprint density at radius 2 is 1.65 bits per heavy atom. The smallest absolute Gasteiger partial charge is 0.255 e. The first-order chi connectivity index (χ1) is 12.7. The van der Waals surface area contributed by atoms with Crippen LogP contribution in [-0.4, -0.2) is 76.4 Å². The molecule has 2 heterocycles. The highest BCUT2D eigenvalue weighted by Gasteiger charge is 2.38. The van der Waals surface area contributed by atoms with E-state index < -0.39 is 0 Å². The summed E-state index contributed by atoms with van der Waals surface area (Å²) in [6.45, 7) is 3.54. The number of piperazine rings is 1. The molecule has 0 N–H and O–H groups in total. The number of amides is 2. The van der Waals surface area contributed by atoms with Crippen molar-refractivity contribution in [2.45, 2.75) is 37.8 Å². The highest BCUT2D eigenvalue weighted by Crippen LogP contribution is 2.27. The van der Waals surface area contributed by atoms with Gasteiger partial charge in [-0.05, 0) is 25.0 Å². The summed E-state index contributed by atoms with van der Waals surface area (Å²) in [5.41, 5.74) is 0.666. The summed E-state index contributed by atoms with van der Waals surface area (Å²) in [5, 5.41) is 0. The minimum Gasteiger partial charge on any atom is -0.338 e. The predicted octanol–water partition coefficient (Wildman–Crippen LogP) is 2.29. The minimum atomic E-state index is -0.314. The summed E-state index contributed by atoms with van der Waals surface area (Å²) in [7, 11) is 0. The van der Waals surface area contributed by atoms with E-state index in [9.17, 15) is 9.59 Å². The average Bonchev–Trinajstić information content (AvgIpc) is 3.40.